The van der Waals surface area contributed by atoms with Gasteiger partial charge in [-0.25, -0.2) is 0 Å². The summed E-state index contributed by atoms with van der Waals surface area (Å²) in [4.78, 5) is 14.6. The van der Waals surface area contributed by atoms with Crippen LogP contribution in [0.4, 0.5) is 0 Å². The molecule has 1 atom stereocenters. The summed E-state index contributed by atoms with van der Waals surface area (Å²) in [6.45, 7) is 5.43. The fraction of sp³-hybridized carbons (Fsp3) is 0.750. The highest BCUT2D eigenvalue weighted by Crippen LogP contribution is 2.09. The summed E-state index contributed by atoms with van der Waals surface area (Å²) in [6.07, 6.45) is 2.68. The summed E-state index contributed by atoms with van der Waals surface area (Å²) < 4.78 is 5.04. The molecule has 0 spiro atoms. The van der Waals surface area contributed by atoms with E-state index in [0.717, 1.165) is 31.6 Å². The molecule has 1 rings (SSSR count). The highest BCUT2D eigenvalue weighted by Gasteiger charge is 2.06. The van der Waals surface area contributed by atoms with Crippen LogP contribution in [0.15, 0.2) is 4.52 Å². The van der Waals surface area contributed by atoms with E-state index in [9.17, 15) is 4.79 Å². The third-order valence-electron chi connectivity index (χ3n) is 2.77. The van der Waals surface area contributed by atoms with Gasteiger partial charge in [0.2, 0.25) is 5.89 Å². The van der Waals surface area contributed by atoms with E-state index < -0.39 is 5.97 Å². The lowest BCUT2D eigenvalue weighted by Gasteiger charge is -2.09. The van der Waals surface area contributed by atoms with E-state index in [4.69, 9.17) is 9.63 Å². The molecule has 1 aromatic heterocycles. The van der Waals surface area contributed by atoms with Crippen molar-refractivity contribution in [3.8, 4) is 0 Å². The molecule has 1 aromatic rings. The lowest BCUT2D eigenvalue weighted by atomic mass is 10.0. The fourth-order valence-electron chi connectivity index (χ4n) is 1.56. The number of aromatic nitrogens is 2. The maximum atomic E-state index is 10.4. The smallest absolute Gasteiger partial charge is 0.303 e. The monoisotopic (exact) mass is 255 g/mol. The number of carboxylic acid groups (broad SMARTS) is 1. The van der Waals surface area contributed by atoms with Gasteiger partial charge >= 0.3 is 5.97 Å². The summed E-state index contributed by atoms with van der Waals surface area (Å²) >= 11 is 0. The molecule has 0 amide bonds. The van der Waals surface area contributed by atoms with Crippen molar-refractivity contribution in [2.24, 2.45) is 5.92 Å². The zero-order valence-corrected chi connectivity index (χ0v) is 11.0. The molecule has 0 aliphatic carbocycles. The average molecular weight is 255 g/mol. The van der Waals surface area contributed by atoms with Gasteiger partial charge in [-0.3, -0.25) is 4.79 Å². The molecule has 0 aliphatic rings. The molecule has 0 aromatic carbocycles. The fourth-order valence-corrected chi connectivity index (χ4v) is 1.56. The molecule has 0 radical (unpaired) electrons. The highest BCUT2D eigenvalue weighted by atomic mass is 16.5. The van der Waals surface area contributed by atoms with E-state index in [2.05, 4.69) is 22.4 Å². The van der Waals surface area contributed by atoms with Crippen molar-refractivity contribution in [2.75, 3.05) is 6.54 Å². The van der Waals surface area contributed by atoms with Gasteiger partial charge in [0.25, 0.3) is 0 Å². The predicted molar refractivity (Wildman–Crippen MR) is 66.0 cm³/mol. The van der Waals surface area contributed by atoms with Crippen LogP contribution in [0.1, 0.15) is 44.8 Å². The largest absolute Gasteiger partial charge is 0.481 e. The van der Waals surface area contributed by atoms with Gasteiger partial charge in [0.05, 0.1) is 6.54 Å². The number of nitrogens with one attached hydrogen (secondary N) is 1. The molecule has 0 aliphatic heterocycles. The number of hydrogen-bond donors (Lipinski definition) is 2. The standard InChI is InChI=1S/C12H21N3O3/c1-3-10-14-11(18-15-10)8-13-7-6-9(2)4-5-12(16)17/h9,13H,3-8H2,1-2H3,(H,16,17). The Morgan fingerprint density at radius 2 is 2.28 bits per heavy atom. The van der Waals surface area contributed by atoms with E-state index in [1.807, 2.05) is 6.92 Å². The number of carbonyl (C=O) groups is 1. The summed E-state index contributed by atoms with van der Waals surface area (Å²) in [7, 11) is 0. The molecule has 102 valence electrons. The Morgan fingerprint density at radius 1 is 1.50 bits per heavy atom. The molecule has 0 saturated heterocycles. The molecule has 1 heterocycles. The Balaban J connectivity index is 2.09. The van der Waals surface area contributed by atoms with Crippen LogP contribution >= 0.6 is 0 Å². The van der Waals surface area contributed by atoms with Gasteiger partial charge < -0.3 is 14.9 Å². The second kappa shape index (κ2) is 7.81. The van der Waals surface area contributed by atoms with Crippen molar-refractivity contribution in [3.05, 3.63) is 11.7 Å². The molecular weight excluding hydrogens is 234 g/mol. The Bertz CT molecular complexity index is 365. The first-order valence-electron chi connectivity index (χ1n) is 6.35. The van der Waals surface area contributed by atoms with Crippen LogP contribution in [-0.4, -0.2) is 27.8 Å². The van der Waals surface area contributed by atoms with E-state index in [0.29, 0.717) is 18.4 Å². The summed E-state index contributed by atoms with van der Waals surface area (Å²) in [5.74, 6) is 1.00. The van der Waals surface area contributed by atoms with E-state index >= 15 is 0 Å². The Hall–Kier alpha value is -1.43. The maximum Gasteiger partial charge on any atom is 0.303 e. The zero-order chi connectivity index (χ0) is 13.4. The van der Waals surface area contributed by atoms with E-state index in [1.165, 1.54) is 0 Å². The SMILES string of the molecule is CCc1noc(CNCCC(C)CCC(=O)O)n1. The second-order valence-electron chi connectivity index (χ2n) is 4.46. The van der Waals surface area contributed by atoms with Gasteiger partial charge in [-0.2, -0.15) is 4.98 Å². The minimum absolute atomic E-state index is 0.241. The molecular formula is C12H21N3O3. The van der Waals surface area contributed by atoms with Crippen LogP contribution in [0.3, 0.4) is 0 Å². The number of nitrogens with zero attached hydrogens (tertiary/aromatic N) is 2. The number of rotatable bonds is 9. The van der Waals surface area contributed by atoms with Crippen molar-refractivity contribution in [1.29, 1.82) is 0 Å². The Morgan fingerprint density at radius 3 is 2.89 bits per heavy atom. The van der Waals surface area contributed by atoms with E-state index in [-0.39, 0.29) is 6.42 Å². The first-order chi connectivity index (χ1) is 8.61. The minimum Gasteiger partial charge on any atom is -0.481 e. The lowest BCUT2D eigenvalue weighted by Crippen LogP contribution is -2.17. The molecule has 0 fully saturated rings. The van der Waals surface area contributed by atoms with Crippen molar-refractivity contribution < 1.29 is 14.4 Å². The van der Waals surface area contributed by atoms with Gasteiger partial charge in [0.15, 0.2) is 5.82 Å². The molecule has 2 N–H and O–H groups in total. The topological polar surface area (TPSA) is 88.2 Å². The molecule has 0 bridgehead atoms. The van der Waals surface area contributed by atoms with Crippen molar-refractivity contribution >= 4 is 5.97 Å². The lowest BCUT2D eigenvalue weighted by molar-refractivity contribution is -0.137. The third-order valence-corrected chi connectivity index (χ3v) is 2.77. The normalized spacial score (nSPS) is 12.6. The van der Waals surface area contributed by atoms with Gasteiger partial charge in [0.1, 0.15) is 0 Å². The summed E-state index contributed by atoms with van der Waals surface area (Å²) in [5, 5.41) is 15.6. The Labute approximate surface area is 107 Å². The van der Waals surface area contributed by atoms with Crippen molar-refractivity contribution in [1.82, 2.24) is 15.5 Å². The first-order valence-corrected chi connectivity index (χ1v) is 6.35. The number of hydrogen-bond acceptors (Lipinski definition) is 5. The molecule has 0 saturated carbocycles. The van der Waals surface area contributed by atoms with Crippen LogP contribution < -0.4 is 5.32 Å². The van der Waals surface area contributed by atoms with E-state index in [1.54, 1.807) is 0 Å². The van der Waals surface area contributed by atoms with Gasteiger partial charge in [-0.05, 0) is 25.3 Å². The summed E-state index contributed by atoms with van der Waals surface area (Å²) in [6, 6.07) is 0. The number of aryl methyl sites for hydroxylation is 1. The van der Waals surface area contributed by atoms with Crippen LogP contribution in [-0.2, 0) is 17.8 Å². The predicted octanol–water partition coefficient (Wildman–Crippen LogP) is 1.61. The quantitative estimate of drug-likeness (QED) is 0.652. The molecule has 1 unspecified atom stereocenters. The second-order valence-corrected chi connectivity index (χ2v) is 4.46. The van der Waals surface area contributed by atoms with Crippen LogP contribution in [0.25, 0.3) is 0 Å². The van der Waals surface area contributed by atoms with Crippen LogP contribution in [0.2, 0.25) is 0 Å². The third kappa shape index (κ3) is 5.77. The Kier molecular flexibility index (Phi) is 6.35. The van der Waals surface area contributed by atoms with Crippen molar-refractivity contribution in [3.63, 3.8) is 0 Å². The van der Waals surface area contributed by atoms with Gasteiger partial charge in [-0.1, -0.05) is 19.0 Å². The van der Waals surface area contributed by atoms with Gasteiger partial charge in [-0.15, -0.1) is 0 Å². The molecule has 18 heavy (non-hydrogen) atoms. The average Bonchev–Trinajstić information content (AvgIpc) is 2.80. The van der Waals surface area contributed by atoms with Gasteiger partial charge in [0, 0.05) is 12.8 Å². The first kappa shape index (κ1) is 14.6. The highest BCUT2D eigenvalue weighted by molar-refractivity contribution is 5.66. The number of carboxylic acids is 1. The minimum atomic E-state index is -0.729. The molecule has 6 nitrogen and oxygen atoms in total. The van der Waals surface area contributed by atoms with Crippen LogP contribution in [0.5, 0.6) is 0 Å². The summed E-state index contributed by atoms with van der Waals surface area (Å²) in [5.41, 5.74) is 0. The molecule has 6 heteroatoms. The zero-order valence-electron chi connectivity index (χ0n) is 11.0. The van der Waals surface area contributed by atoms with Crippen molar-refractivity contribution in [2.45, 2.75) is 46.1 Å². The number of aliphatic carboxylic acids is 1. The maximum absolute atomic E-state index is 10.4. The van der Waals surface area contributed by atoms with Crippen LogP contribution in [0, 0.1) is 5.92 Å².